The van der Waals surface area contributed by atoms with Gasteiger partial charge in [0.1, 0.15) is 0 Å². The molecule has 0 aliphatic heterocycles. The van der Waals surface area contributed by atoms with Crippen molar-refractivity contribution >= 4 is 10.0 Å². The molecule has 0 atom stereocenters. The fraction of sp³-hybridized carbons (Fsp3) is 1.00. The van der Waals surface area contributed by atoms with Crippen LogP contribution in [0.5, 0.6) is 0 Å². The molecule has 1 N–H and O–H groups in total. The Kier molecular flexibility index (Phi) is 5.06. The normalized spacial score (nSPS) is 19.7. The van der Waals surface area contributed by atoms with Crippen LogP contribution in [0.1, 0.15) is 52.4 Å². The second kappa shape index (κ2) is 5.85. The molecule has 0 radical (unpaired) electrons. The van der Waals surface area contributed by atoms with Gasteiger partial charge in [-0.2, -0.15) is 0 Å². The van der Waals surface area contributed by atoms with Crippen LogP contribution in [0.2, 0.25) is 0 Å². The summed E-state index contributed by atoms with van der Waals surface area (Å²) in [5, 5.41) is -0.316. The third-order valence-corrected chi connectivity index (χ3v) is 5.05. The van der Waals surface area contributed by atoms with Gasteiger partial charge in [-0.1, -0.05) is 32.1 Å². The number of hydrogen-bond acceptors (Lipinski definition) is 2. The van der Waals surface area contributed by atoms with Crippen molar-refractivity contribution in [1.29, 1.82) is 0 Å². The summed E-state index contributed by atoms with van der Waals surface area (Å²) in [6.45, 7) is 4.04. The van der Waals surface area contributed by atoms with E-state index in [1.165, 1.54) is 32.1 Å². The number of hydrogen-bond donors (Lipinski definition) is 1. The van der Waals surface area contributed by atoms with Crippen LogP contribution in [0, 0.1) is 5.92 Å². The van der Waals surface area contributed by atoms with Crippen molar-refractivity contribution in [1.82, 2.24) is 4.72 Å². The van der Waals surface area contributed by atoms with E-state index in [2.05, 4.69) is 4.72 Å². The molecule has 1 aliphatic carbocycles. The van der Waals surface area contributed by atoms with E-state index in [0.29, 0.717) is 6.54 Å². The molecule has 0 aromatic carbocycles. The zero-order valence-electron chi connectivity index (χ0n) is 9.83. The molecule has 0 spiro atoms. The van der Waals surface area contributed by atoms with E-state index in [1.807, 2.05) is 0 Å². The number of sulfonamides is 1. The highest BCUT2D eigenvalue weighted by molar-refractivity contribution is 7.90. The molecule has 0 aromatic rings. The molecule has 15 heavy (non-hydrogen) atoms. The van der Waals surface area contributed by atoms with Gasteiger partial charge in [-0.25, -0.2) is 13.1 Å². The molecule has 1 aliphatic rings. The summed E-state index contributed by atoms with van der Waals surface area (Å²) in [6.07, 6.45) is 7.57. The predicted molar refractivity (Wildman–Crippen MR) is 63.3 cm³/mol. The summed E-state index contributed by atoms with van der Waals surface area (Å²) >= 11 is 0. The van der Waals surface area contributed by atoms with E-state index in [4.69, 9.17) is 0 Å². The molecule has 90 valence electrons. The van der Waals surface area contributed by atoms with E-state index < -0.39 is 10.0 Å². The van der Waals surface area contributed by atoms with E-state index >= 15 is 0 Å². The van der Waals surface area contributed by atoms with Crippen molar-refractivity contribution in [2.24, 2.45) is 5.92 Å². The van der Waals surface area contributed by atoms with Crippen LogP contribution >= 0.6 is 0 Å². The highest BCUT2D eigenvalue weighted by Gasteiger charge is 2.17. The molecule has 0 amide bonds. The Balaban J connectivity index is 2.20. The minimum Gasteiger partial charge on any atom is -0.215 e. The van der Waals surface area contributed by atoms with E-state index in [-0.39, 0.29) is 5.25 Å². The van der Waals surface area contributed by atoms with Gasteiger partial charge in [0.15, 0.2) is 0 Å². The first-order valence-electron chi connectivity index (χ1n) is 6.01. The lowest BCUT2D eigenvalue weighted by Gasteiger charge is -2.21. The quantitative estimate of drug-likeness (QED) is 0.792. The lowest BCUT2D eigenvalue weighted by molar-refractivity contribution is 0.339. The van der Waals surface area contributed by atoms with Crippen molar-refractivity contribution in [3.05, 3.63) is 0 Å². The van der Waals surface area contributed by atoms with Crippen LogP contribution < -0.4 is 4.72 Å². The smallest absolute Gasteiger partial charge is 0.213 e. The third-order valence-electron chi connectivity index (χ3n) is 3.20. The summed E-state index contributed by atoms with van der Waals surface area (Å²) < 4.78 is 25.6. The zero-order valence-corrected chi connectivity index (χ0v) is 10.6. The molecule has 1 saturated carbocycles. The highest BCUT2D eigenvalue weighted by Crippen LogP contribution is 2.25. The summed E-state index contributed by atoms with van der Waals surface area (Å²) in [5.41, 5.74) is 0. The summed E-state index contributed by atoms with van der Waals surface area (Å²) in [4.78, 5) is 0. The molecule has 1 rings (SSSR count). The SMILES string of the molecule is CC(C)S(=O)(=O)NCCC1CCCCC1. The van der Waals surface area contributed by atoms with Gasteiger partial charge in [-0.3, -0.25) is 0 Å². The first-order valence-corrected chi connectivity index (χ1v) is 7.55. The summed E-state index contributed by atoms with van der Waals surface area (Å²) in [7, 11) is -3.05. The average Bonchev–Trinajstić information content (AvgIpc) is 2.19. The van der Waals surface area contributed by atoms with Crippen molar-refractivity contribution in [2.75, 3.05) is 6.54 Å². The maximum Gasteiger partial charge on any atom is 0.213 e. The second-order valence-corrected chi connectivity index (χ2v) is 7.10. The van der Waals surface area contributed by atoms with E-state index in [0.717, 1.165) is 12.3 Å². The first kappa shape index (κ1) is 13.0. The Morgan fingerprint density at radius 3 is 2.33 bits per heavy atom. The van der Waals surface area contributed by atoms with Crippen LogP contribution in [-0.4, -0.2) is 20.2 Å². The van der Waals surface area contributed by atoms with Gasteiger partial charge in [0.2, 0.25) is 10.0 Å². The van der Waals surface area contributed by atoms with Crippen molar-refractivity contribution in [3.63, 3.8) is 0 Å². The van der Waals surface area contributed by atoms with Crippen molar-refractivity contribution < 1.29 is 8.42 Å². The zero-order chi connectivity index (χ0) is 11.3. The molecule has 1 fully saturated rings. The van der Waals surface area contributed by atoms with Crippen molar-refractivity contribution in [2.45, 2.75) is 57.6 Å². The van der Waals surface area contributed by atoms with Gasteiger partial charge in [0.25, 0.3) is 0 Å². The summed E-state index contributed by atoms with van der Waals surface area (Å²) in [6, 6.07) is 0. The molecule has 0 saturated heterocycles. The molecule has 0 aromatic heterocycles. The topological polar surface area (TPSA) is 46.2 Å². The highest BCUT2D eigenvalue weighted by atomic mass is 32.2. The molecular formula is C11H23NO2S. The molecule has 0 heterocycles. The minimum atomic E-state index is -3.05. The Bertz CT molecular complexity index is 266. The number of nitrogens with one attached hydrogen (secondary N) is 1. The van der Waals surface area contributed by atoms with Crippen LogP contribution in [0.3, 0.4) is 0 Å². The Morgan fingerprint density at radius 2 is 1.80 bits per heavy atom. The Labute approximate surface area is 93.7 Å². The Hall–Kier alpha value is -0.0900. The summed E-state index contributed by atoms with van der Waals surface area (Å²) in [5.74, 6) is 0.744. The van der Waals surface area contributed by atoms with E-state index in [1.54, 1.807) is 13.8 Å². The lowest BCUT2D eigenvalue weighted by Crippen LogP contribution is -2.32. The predicted octanol–water partition coefficient (Wildman–Crippen LogP) is 2.28. The third kappa shape index (κ3) is 4.51. The maximum absolute atomic E-state index is 11.5. The molecule has 0 bridgehead atoms. The molecule has 4 heteroatoms. The Morgan fingerprint density at radius 1 is 1.20 bits per heavy atom. The second-order valence-electron chi connectivity index (χ2n) is 4.78. The lowest BCUT2D eigenvalue weighted by atomic mass is 9.87. The van der Waals surface area contributed by atoms with Crippen LogP contribution in [-0.2, 0) is 10.0 Å². The standard InChI is InChI=1S/C11H23NO2S/c1-10(2)15(13,14)12-9-8-11-6-4-3-5-7-11/h10-12H,3-9H2,1-2H3. The van der Waals surface area contributed by atoms with Crippen LogP contribution in [0.25, 0.3) is 0 Å². The number of rotatable bonds is 5. The fourth-order valence-corrected chi connectivity index (χ4v) is 2.78. The van der Waals surface area contributed by atoms with Gasteiger partial charge in [-0.15, -0.1) is 0 Å². The van der Waals surface area contributed by atoms with Crippen LogP contribution in [0.4, 0.5) is 0 Å². The van der Waals surface area contributed by atoms with Crippen molar-refractivity contribution in [3.8, 4) is 0 Å². The first-order chi connectivity index (χ1) is 7.02. The van der Waals surface area contributed by atoms with Gasteiger partial charge < -0.3 is 0 Å². The maximum atomic E-state index is 11.5. The largest absolute Gasteiger partial charge is 0.215 e. The molecular weight excluding hydrogens is 210 g/mol. The van der Waals surface area contributed by atoms with E-state index in [9.17, 15) is 8.42 Å². The minimum absolute atomic E-state index is 0.316. The molecule has 0 unspecified atom stereocenters. The molecule has 3 nitrogen and oxygen atoms in total. The average molecular weight is 233 g/mol. The van der Waals surface area contributed by atoms with Gasteiger partial charge in [0.05, 0.1) is 5.25 Å². The fourth-order valence-electron chi connectivity index (χ4n) is 2.05. The van der Waals surface area contributed by atoms with Gasteiger partial charge >= 0.3 is 0 Å². The van der Waals surface area contributed by atoms with Gasteiger partial charge in [-0.05, 0) is 26.2 Å². The van der Waals surface area contributed by atoms with Crippen LogP contribution in [0.15, 0.2) is 0 Å². The monoisotopic (exact) mass is 233 g/mol. The van der Waals surface area contributed by atoms with Gasteiger partial charge in [0, 0.05) is 6.54 Å².